The van der Waals surface area contributed by atoms with Crippen molar-refractivity contribution in [2.75, 3.05) is 19.5 Å². The number of ether oxygens (including phenoxy) is 2. The number of aromatic nitrogens is 3. The number of anilines is 2. The average molecular weight is 420 g/mol. The van der Waals surface area contributed by atoms with Gasteiger partial charge in [0.05, 0.1) is 25.3 Å². The molecule has 3 heterocycles. The molecule has 2 aromatic carbocycles. The van der Waals surface area contributed by atoms with E-state index in [0.717, 1.165) is 32.0 Å². The molecule has 0 radical (unpaired) electrons. The molecule has 150 valence electrons. The summed E-state index contributed by atoms with van der Waals surface area (Å²) in [4.78, 5) is 5.42. The van der Waals surface area contributed by atoms with Gasteiger partial charge in [-0.1, -0.05) is 0 Å². The largest absolute Gasteiger partial charge is 0.493 e. The Morgan fingerprint density at radius 1 is 0.967 bits per heavy atom. The number of thiophene rings is 1. The fourth-order valence-electron chi connectivity index (χ4n) is 3.31. The van der Waals surface area contributed by atoms with Gasteiger partial charge in [0.25, 0.3) is 0 Å². The van der Waals surface area contributed by atoms with Gasteiger partial charge in [-0.15, -0.1) is 16.4 Å². The van der Waals surface area contributed by atoms with Gasteiger partial charge in [0.15, 0.2) is 23.0 Å². The van der Waals surface area contributed by atoms with Crippen LogP contribution in [0.4, 0.5) is 15.9 Å². The van der Waals surface area contributed by atoms with Gasteiger partial charge >= 0.3 is 0 Å². The lowest BCUT2D eigenvalue weighted by Gasteiger charge is -2.11. The lowest BCUT2D eigenvalue weighted by Crippen LogP contribution is -2.00. The summed E-state index contributed by atoms with van der Waals surface area (Å²) in [5.41, 5.74) is 2.40. The molecule has 3 aromatic heterocycles. The highest BCUT2D eigenvalue weighted by molar-refractivity contribution is 7.22. The number of nitrogens with zero attached hydrogens (tertiary/aromatic N) is 3. The van der Waals surface area contributed by atoms with E-state index in [1.165, 1.54) is 12.1 Å². The highest BCUT2D eigenvalue weighted by Crippen LogP contribution is 2.34. The normalized spacial score (nSPS) is 11.2. The first-order valence-electron chi connectivity index (χ1n) is 9.18. The molecule has 30 heavy (non-hydrogen) atoms. The molecule has 0 fully saturated rings. The van der Waals surface area contributed by atoms with Crippen molar-refractivity contribution in [2.45, 2.75) is 0 Å². The van der Waals surface area contributed by atoms with E-state index in [0.29, 0.717) is 17.3 Å². The number of hydrogen-bond acceptors (Lipinski definition) is 6. The van der Waals surface area contributed by atoms with Gasteiger partial charge in [-0.3, -0.25) is 0 Å². The van der Waals surface area contributed by atoms with Gasteiger partial charge < -0.3 is 14.8 Å². The lowest BCUT2D eigenvalue weighted by molar-refractivity contribution is 0.355. The third-order valence-corrected chi connectivity index (χ3v) is 5.89. The number of methoxy groups -OCH3 is 2. The molecule has 6 nitrogen and oxygen atoms in total. The van der Waals surface area contributed by atoms with Crippen LogP contribution in [0.1, 0.15) is 0 Å². The molecule has 0 amide bonds. The highest BCUT2D eigenvalue weighted by Gasteiger charge is 2.12. The number of halogens is 1. The second-order valence-electron chi connectivity index (χ2n) is 6.62. The van der Waals surface area contributed by atoms with Crippen LogP contribution in [0.5, 0.6) is 11.5 Å². The topological polar surface area (TPSA) is 60.7 Å². The number of imidazole rings is 1. The van der Waals surface area contributed by atoms with Gasteiger partial charge in [-0.2, -0.15) is 0 Å². The smallest absolute Gasteiger partial charge is 0.162 e. The monoisotopic (exact) mass is 420 g/mol. The summed E-state index contributed by atoms with van der Waals surface area (Å²) in [6.45, 7) is 0. The Hall–Kier alpha value is -3.65. The zero-order valence-corrected chi connectivity index (χ0v) is 17.0. The standard InChI is InChI=1S/C22H17FN4O2S/c1-28-17-5-4-15(11-18(17)29-2)25-21-7-8-22-24-12-16(27(22)26-21)20-10-13-9-14(23)3-6-19(13)30-20/h3-12H,1-2H3,(H,25,26). The van der Waals surface area contributed by atoms with Gasteiger partial charge in [-0.05, 0) is 53.9 Å². The second-order valence-corrected chi connectivity index (χ2v) is 7.70. The molecule has 8 heteroatoms. The van der Waals surface area contributed by atoms with E-state index in [4.69, 9.17) is 14.6 Å². The van der Waals surface area contributed by atoms with E-state index < -0.39 is 0 Å². The van der Waals surface area contributed by atoms with Crippen molar-refractivity contribution in [1.29, 1.82) is 0 Å². The summed E-state index contributed by atoms with van der Waals surface area (Å²) in [5, 5.41) is 8.84. The van der Waals surface area contributed by atoms with Gasteiger partial charge in [-0.25, -0.2) is 13.9 Å². The van der Waals surface area contributed by atoms with E-state index in [9.17, 15) is 4.39 Å². The lowest BCUT2D eigenvalue weighted by atomic mass is 10.2. The first-order chi connectivity index (χ1) is 14.6. The van der Waals surface area contributed by atoms with E-state index >= 15 is 0 Å². The van der Waals surface area contributed by atoms with Crippen molar-refractivity contribution < 1.29 is 13.9 Å². The van der Waals surface area contributed by atoms with Gasteiger partial charge in [0, 0.05) is 16.5 Å². The molecule has 0 unspecified atom stereocenters. The van der Waals surface area contributed by atoms with Gasteiger partial charge in [0.1, 0.15) is 11.5 Å². The van der Waals surface area contributed by atoms with Crippen molar-refractivity contribution in [2.24, 2.45) is 0 Å². The van der Waals surface area contributed by atoms with E-state index in [2.05, 4.69) is 10.3 Å². The Kier molecular flexibility index (Phi) is 4.48. The van der Waals surface area contributed by atoms with Gasteiger partial charge in [0.2, 0.25) is 0 Å². The zero-order valence-electron chi connectivity index (χ0n) is 16.2. The number of benzene rings is 2. The Bertz CT molecular complexity index is 1380. The van der Waals surface area contributed by atoms with Crippen molar-refractivity contribution in [1.82, 2.24) is 14.6 Å². The Balaban J connectivity index is 1.52. The van der Waals surface area contributed by atoms with Crippen LogP contribution < -0.4 is 14.8 Å². The average Bonchev–Trinajstić information content (AvgIpc) is 3.36. The molecule has 0 saturated heterocycles. The van der Waals surface area contributed by atoms with Crippen LogP contribution in [0.3, 0.4) is 0 Å². The predicted octanol–water partition coefficient (Wildman–Crippen LogP) is 5.51. The molecular weight excluding hydrogens is 403 g/mol. The summed E-state index contributed by atoms with van der Waals surface area (Å²) < 4.78 is 27.0. The van der Waals surface area contributed by atoms with Crippen LogP contribution in [-0.2, 0) is 0 Å². The SMILES string of the molecule is COc1ccc(Nc2ccc3ncc(-c4cc5cc(F)ccc5s4)n3n2)cc1OC. The Labute approximate surface area is 175 Å². The number of fused-ring (bicyclic) bond motifs is 2. The third kappa shape index (κ3) is 3.21. The first-order valence-corrected chi connectivity index (χ1v) is 9.99. The second kappa shape index (κ2) is 7.31. The summed E-state index contributed by atoms with van der Waals surface area (Å²) >= 11 is 1.58. The van der Waals surface area contributed by atoms with Crippen LogP contribution in [0.15, 0.2) is 60.8 Å². The molecule has 5 aromatic rings. The maximum Gasteiger partial charge on any atom is 0.162 e. The van der Waals surface area contributed by atoms with Crippen molar-refractivity contribution in [3.05, 3.63) is 66.6 Å². The zero-order chi connectivity index (χ0) is 20.7. The summed E-state index contributed by atoms with van der Waals surface area (Å²) in [5.74, 6) is 1.69. The molecule has 0 spiro atoms. The van der Waals surface area contributed by atoms with Crippen molar-refractivity contribution >= 4 is 38.6 Å². The molecule has 1 N–H and O–H groups in total. The molecule has 0 aliphatic heterocycles. The van der Waals surface area contributed by atoms with E-state index in [-0.39, 0.29) is 5.82 Å². The molecule has 5 rings (SSSR count). The van der Waals surface area contributed by atoms with E-state index in [1.807, 2.05) is 36.4 Å². The van der Waals surface area contributed by atoms with Crippen LogP contribution >= 0.6 is 11.3 Å². The minimum absolute atomic E-state index is 0.246. The Morgan fingerprint density at radius 3 is 2.67 bits per heavy atom. The number of rotatable bonds is 5. The van der Waals surface area contributed by atoms with Crippen molar-refractivity contribution in [3.63, 3.8) is 0 Å². The summed E-state index contributed by atoms with van der Waals surface area (Å²) in [6.07, 6.45) is 1.78. The highest BCUT2D eigenvalue weighted by atomic mass is 32.1. The molecule has 0 aliphatic rings. The third-order valence-electron chi connectivity index (χ3n) is 4.75. The molecule has 0 atom stereocenters. The number of hydrogen-bond donors (Lipinski definition) is 1. The minimum atomic E-state index is -0.246. The number of nitrogens with one attached hydrogen (secondary N) is 1. The fraction of sp³-hybridized carbons (Fsp3) is 0.0909. The maximum atomic E-state index is 13.6. The summed E-state index contributed by atoms with van der Waals surface area (Å²) in [7, 11) is 3.20. The van der Waals surface area contributed by atoms with Crippen LogP contribution in [-0.4, -0.2) is 28.8 Å². The van der Waals surface area contributed by atoms with Crippen LogP contribution in [0.25, 0.3) is 26.3 Å². The van der Waals surface area contributed by atoms with Crippen LogP contribution in [0.2, 0.25) is 0 Å². The molecule has 0 bridgehead atoms. The predicted molar refractivity (Wildman–Crippen MR) is 117 cm³/mol. The van der Waals surface area contributed by atoms with Crippen molar-refractivity contribution in [3.8, 4) is 22.1 Å². The molecule has 0 saturated carbocycles. The molecule has 0 aliphatic carbocycles. The fourth-order valence-corrected chi connectivity index (χ4v) is 4.35. The maximum absolute atomic E-state index is 13.6. The molecular formula is C22H17FN4O2S. The minimum Gasteiger partial charge on any atom is -0.493 e. The van der Waals surface area contributed by atoms with E-state index in [1.54, 1.807) is 42.3 Å². The quantitative estimate of drug-likeness (QED) is 0.406. The summed E-state index contributed by atoms with van der Waals surface area (Å²) in [6, 6.07) is 16.1. The van der Waals surface area contributed by atoms with Crippen LogP contribution in [0, 0.1) is 5.82 Å². The Morgan fingerprint density at radius 2 is 1.83 bits per heavy atom. The first kappa shape index (κ1) is 18.4.